The van der Waals surface area contributed by atoms with Crippen molar-refractivity contribution in [1.29, 1.82) is 0 Å². The van der Waals surface area contributed by atoms with E-state index < -0.39 is 10.2 Å². The molecule has 0 amide bonds. The smallest absolute Gasteiger partial charge is 0.279 e. The third-order valence-corrected chi connectivity index (χ3v) is 4.81. The van der Waals surface area contributed by atoms with Gasteiger partial charge < -0.3 is 5.32 Å². The van der Waals surface area contributed by atoms with Gasteiger partial charge in [-0.3, -0.25) is 0 Å². The molecule has 1 fully saturated rings. The van der Waals surface area contributed by atoms with Crippen LogP contribution in [0.5, 0.6) is 0 Å². The normalized spacial score (nSPS) is 20.1. The van der Waals surface area contributed by atoms with Gasteiger partial charge in [0.25, 0.3) is 10.2 Å². The lowest BCUT2D eigenvalue weighted by Gasteiger charge is -2.18. The Balaban J connectivity index is 0.00000289. The molecule has 1 atom stereocenters. The first-order chi connectivity index (χ1) is 8.06. The van der Waals surface area contributed by atoms with Crippen molar-refractivity contribution in [3.63, 3.8) is 0 Å². The molecule has 0 bridgehead atoms. The molecule has 2 N–H and O–H groups in total. The fraction of sp³-hybridized carbons (Fsp3) is 1.00. The van der Waals surface area contributed by atoms with Crippen LogP contribution in [0.1, 0.15) is 32.6 Å². The highest BCUT2D eigenvalue weighted by Crippen LogP contribution is 2.11. The van der Waals surface area contributed by atoms with Crippen molar-refractivity contribution in [2.45, 2.75) is 32.6 Å². The van der Waals surface area contributed by atoms with Crippen LogP contribution in [-0.2, 0) is 10.2 Å². The fourth-order valence-corrected chi connectivity index (χ4v) is 2.93. The fourth-order valence-electron chi connectivity index (χ4n) is 1.96. The Morgan fingerprint density at radius 2 is 2.17 bits per heavy atom. The van der Waals surface area contributed by atoms with Crippen molar-refractivity contribution in [1.82, 2.24) is 14.3 Å². The van der Waals surface area contributed by atoms with Gasteiger partial charge in [0, 0.05) is 20.1 Å². The maximum Gasteiger partial charge on any atom is 0.279 e. The summed E-state index contributed by atoms with van der Waals surface area (Å²) in [5.41, 5.74) is 0. The second-order valence-corrected chi connectivity index (χ2v) is 6.58. The van der Waals surface area contributed by atoms with Gasteiger partial charge in [-0.15, -0.1) is 12.4 Å². The monoisotopic (exact) mass is 299 g/mol. The first-order valence-electron chi connectivity index (χ1n) is 6.48. The first kappa shape index (κ1) is 18.1. The van der Waals surface area contributed by atoms with Gasteiger partial charge in [0.1, 0.15) is 0 Å². The molecule has 0 aromatic carbocycles. The Bertz CT molecular complexity index is 305. The Labute approximate surface area is 117 Å². The molecule has 18 heavy (non-hydrogen) atoms. The predicted molar refractivity (Wildman–Crippen MR) is 77.3 cm³/mol. The number of halogens is 1. The van der Waals surface area contributed by atoms with Gasteiger partial charge in [0.05, 0.1) is 0 Å². The van der Waals surface area contributed by atoms with E-state index in [4.69, 9.17) is 0 Å². The molecule has 110 valence electrons. The van der Waals surface area contributed by atoms with E-state index in [0.29, 0.717) is 19.0 Å². The van der Waals surface area contributed by atoms with Crippen LogP contribution in [0.3, 0.4) is 0 Å². The van der Waals surface area contributed by atoms with Crippen LogP contribution in [0.4, 0.5) is 0 Å². The lowest BCUT2D eigenvalue weighted by molar-refractivity contribution is 0.442. The summed E-state index contributed by atoms with van der Waals surface area (Å²) in [6.45, 7) is 5.28. The van der Waals surface area contributed by atoms with Crippen LogP contribution < -0.4 is 10.0 Å². The Morgan fingerprint density at radius 1 is 1.44 bits per heavy atom. The molecule has 0 aromatic heterocycles. The summed E-state index contributed by atoms with van der Waals surface area (Å²) in [5, 5.41) is 3.28. The summed E-state index contributed by atoms with van der Waals surface area (Å²) < 4.78 is 27.7. The number of nitrogens with zero attached hydrogens (tertiary/aromatic N) is 1. The topological polar surface area (TPSA) is 61.4 Å². The van der Waals surface area contributed by atoms with Gasteiger partial charge in [0.2, 0.25) is 0 Å². The van der Waals surface area contributed by atoms with E-state index in [-0.39, 0.29) is 12.4 Å². The number of hydrogen-bond acceptors (Lipinski definition) is 3. The maximum atomic E-state index is 11.8. The van der Waals surface area contributed by atoms with Crippen LogP contribution >= 0.6 is 12.4 Å². The molecule has 0 radical (unpaired) electrons. The third kappa shape index (κ3) is 6.33. The zero-order valence-corrected chi connectivity index (χ0v) is 12.9. The minimum Gasteiger partial charge on any atom is -0.316 e. The van der Waals surface area contributed by atoms with Gasteiger partial charge in [-0.1, -0.05) is 13.3 Å². The molecular weight excluding hydrogens is 274 g/mol. The van der Waals surface area contributed by atoms with Gasteiger partial charge in [-0.25, -0.2) is 4.72 Å². The molecule has 0 spiro atoms. The Kier molecular flexibility index (Phi) is 9.15. The van der Waals surface area contributed by atoms with Crippen LogP contribution in [0.2, 0.25) is 0 Å². The van der Waals surface area contributed by atoms with Crippen LogP contribution in [-0.4, -0.2) is 45.9 Å². The van der Waals surface area contributed by atoms with Gasteiger partial charge in [-0.2, -0.15) is 12.7 Å². The van der Waals surface area contributed by atoms with Crippen molar-refractivity contribution < 1.29 is 8.42 Å². The summed E-state index contributed by atoms with van der Waals surface area (Å²) in [6, 6.07) is 0. The largest absolute Gasteiger partial charge is 0.316 e. The minimum absolute atomic E-state index is 0. The van der Waals surface area contributed by atoms with Gasteiger partial charge in [0.15, 0.2) is 0 Å². The highest BCUT2D eigenvalue weighted by molar-refractivity contribution is 7.87. The second kappa shape index (κ2) is 9.09. The average Bonchev–Trinajstić information content (AvgIpc) is 2.78. The van der Waals surface area contributed by atoms with E-state index in [2.05, 4.69) is 17.0 Å². The second-order valence-electron chi connectivity index (χ2n) is 4.72. The van der Waals surface area contributed by atoms with Crippen LogP contribution in [0.15, 0.2) is 0 Å². The molecule has 1 saturated heterocycles. The van der Waals surface area contributed by atoms with E-state index >= 15 is 0 Å². The van der Waals surface area contributed by atoms with Crippen molar-refractivity contribution >= 4 is 22.6 Å². The van der Waals surface area contributed by atoms with Crippen molar-refractivity contribution in [3.05, 3.63) is 0 Å². The number of unbranched alkanes of at least 4 members (excludes halogenated alkanes) is 1. The van der Waals surface area contributed by atoms with Crippen molar-refractivity contribution in [2.75, 3.05) is 33.2 Å². The van der Waals surface area contributed by atoms with Gasteiger partial charge >= 0.3 is 0 Å². The summed E-state index contributed by atoms with van der Waals surface area (Å²) in [5.74, 6) is 0.624. The van der Waals surface area contributed by atoms with Crippen LogP contribution in [0.25, 0.3) is 0 Å². The molecule has 5 nitrogen and oxygen atoms in total. The van der Waals surface area contributed by atoms with E-state index in [1.165, 1.54) is 4.31 Å². The lowest BCUT2D eigenvalue weighted by Crippen LogP contribution is -2.39. The summed E-state index contributed by atoms with van der Waals surface area (Å²) in [7, 11) is -1.63. The molecule has 1 aliphatic rings. The SMILES string of the molecule is CCCCN(C)S(=O)(=O)NCCC1CCNC1.Cl. The molecule has 7 heteroatoms. The van der Waals surface area contributed by atoms with Gasteiger partial charge in [-0.05, 0) is 38.3 Å². The minimum atomic E-state index is -3.26. The molecule has 0 aromatic rings. The Morgan fingerprint density at radius 3 is 2.72 bits per heavy atom. The zero-order valence-electron chi connectivity index (χ0n) is 11.3. The summed E-state index contributed by atoms with van der Waals surface area (Å²) in [6.07, 6.45) is 4.00. The van der Waals surface area contributed by atoms with Crippen LogP contribution in [0, 0.1) is 5.92 Å². The average molecular weight is 300 g/mol. The standard InChI is InChI=1S/C11H25N3O2S.ClH/c1-3-4-9-14(2)17(15,16)13-8-6-11-5-7-12-10-11;/h11-13H,3-10H2,1-2H3;1H. The molecule has 1 aliphatic heterocycles. The highest BCUT2D eigenvalue weighted by atomic mass is 35.5. The molecule has 1 unspecified atom stereocenters. The predicted octanol–water partition coefficient (Wildman–Crippen LogP) is 0.974. The summed E-state index contributed by atoms with van der Waals surface area (Å²) >= 11 is 0. The molecule has 0 aliphatic carbocycles. The third-order valence-electron chi connectivity index (χ3n) is 3.24. The Hall–Kier alpha value is 0.120. The molecular formula is C11H26ClN3O2S. The van der Waals surface area contributed by atoms with E-state index in [0.717, 1.165) is 38.8 Å². The number of nitrogens with one attached hydrogen (secondary N) is 2. The number of hydrogen-bond donors (Lipinski definition) is 2. The lowest BCUT2D eigenvalue weighted by atomic mass is 10.1. The van der Waals surface area contributed by atoms with E-state index in [1.54, 1.807) is 7.05 Å². The number of rotatable bonds is 8. The maximum absolute atomic E-state index is 11.8. The first-order valence-corrected chi connectivity index (χ1v) is 7.92. The molecule has 1 heterocycles. The van der Waals surface area contributed by atoms with E-state index in [1.807, 2.05) is 0 Å². The highest BCUT2D eigenvalue weighted by Gasteiger charge is 2.18. The molecule has 1 rings (SSSR count). The van der Waals surface area contributed by atoms with E-state index in [9.17, 15) is 8.42 Å². The van der Waals surface area contributed by atoms with Crippen molar-refractivity contribution in [3.8, 4) is 0 Å². The zero-order chi connectivity index (χ0) is 12.7. The summed E-state index contributed by atoms with van der Waals surface area (Å²) in [4.78, 5) is 0. The van der Waals surface area contributed by atoms with Crippen molar-refractivity contribution in [2.24, 2.45) is 5.92 Å². The molecule has 0 saturated carbocycles. The quantitative estimate of drug-likeness (QED) is 0.702.